The molecule has 1 aromatic rings. The lowest BCUT2D eigenvalue weighted by Crippen LogP contribution is -2.46. The van der Waals surface area contributed by atoms with E-state index in [2.05, 4.69) is 36.5 Å². The van der Waals surface area contributed by atoms with Crippen LogP contribution in [0.15, 0.2) is 24.3 Å². The summed E-state index contributed by atoms with van der Waals surface area (Å²) >= 11 is 0. The van der Waals surface area contributed by atoms with Crippen molar-refractivity contribution in [2.45, 2.75) is 50.7 Å². The smallest absolute Gasteiger partial charge is 0.0872 e. The molecular weight excluding hydrogens is 222 g/mol. The molecule has 1 saturated carbocycles. The summed E-state index contributed by atoms with van der Waals surface area (Å²) < 4.78 is 5.98. The molecule has 1 atom stereocenters. The predicted octanol–water partition coefficient (Wildman–Crippen LogP) is 3.60. The zero-order valence-electron chi connectivity index (χ0n) is 11.8. The van der Waals surface area contributed by atoms with Gasteiger partial charge in [0, 0.05) is 7.11 Å². The highest BCUT2D eigenvalue weighted by Gasteiger charge is 2.40. The highest BCUT2D eigenvalue weighted by molar-refractivity contribution is 5.31. The fraction of sp³-hybridized carbons (Fsp3) is 0.625. The van der Waals surface area contributed by atoms with Gasteiger partial charge in [-0.15, -0.1) is 0 Å². The molecule has 18 heavy (non-hydrogen) atoms. The molecule has 1 aromatic carbocycles. The molecule has 2 nitrogen and oxygen atoms in total. The van der Waals surface area contributed by atoms with Gasteiger partial charge >= 0.3 is 0 Å². The van der Waals surface area contributed by atoms with Crippen LogP contribution in [0, 0.1) is 6.92 Å². The second-order valence-corrected chi connectivity index (χ2v) is 5.41. The van der Waals surface area contributed by atoms with Crippen molar-refractivity contribution >= 4 is 0 Å². The van der Waals surface area contributed by atoms with Gasteiger partial charge in [-0.2, -0.15) is 0 Å². The van der Waals surface area contributed by atoms with Crippen LogP contribution in [0.5, 0.6) is 0 Å². The van der Waals surface area contributed by atoms with E-state index in [1.807, 2.05) is 14.2 Å². The van der Waals surface area contributed by atoms with Gasteiger partial charge in [0.25, 0.3) is 0 Å². The Labute approximate surface area is 111 Å². The van der Waals surface area contributed by atoms with Crippen molar-refractivity contribution in [1.82, 2.24) is 5.32 Å². The Kier molecular flexibility index (Phi) is 4.41. The van der Waals surface area contributed by atoms with Crippen LogP contribution in [0.3, 0.4) is 0 Å². The minimum absolute atomic E-state index is 0.0287. The predicted molar refractivity (Wildman–Crippen MR) is 75.8 cm³/mol. The highest BCUT2D eigenvalue weighted by atomic mass is 16.5. The summed E-state index contributed by atoms with van der Waals surface area (Å²) in [4.78, 5) is 0. The molecule has 1 fully saturated rings. The monoisotopic (exact) mass is 247 g/mol. The Hall–Kier alpha value is -0.860. The van der Waals surface area contributed by atoms with Crippen molar-refractivity contribution in [1.29, 1.82) is 0 Å². The standard InChI is InChI=1S/C16H25NO/c1-13-9-5-6-10-14(13)15(17-2)16(18-3)11-7-4-8-12-16/h5-6,9-10,15,17H,4,7-8,11-12H2,1-3H3. The molecule has 2 rings (SSSR count). The maximum atomic E-state index is 5.98. The number of aryl methyl sites for hydroxylation is 1. The first-order chi connectivity index (χ1) is 8.73. The molecule has 1 unspecified atom stereocenters. The van der Waals surface area contributed by atoms with Crippen molar-refractivity contribution in [3.63, 3.8) is 0 Å². The molecule has 0 aliphatic heterocycles. The third-order valence-electron chi connectivity index (χ3n) is 4.42. The van der Waals surface area contributed by atoms with E-state index in [-0.39, 0.29) is 5.60 Å². The molecule has 0 aromatic heterocycles. The Morgan fingerprint density at radius 2 is 1.83 bits per heavy atom. The Balaban J connectivity index is 2.34. The summed E-state index contributed by atoms with van der Waals surface area (Å²) in [5, 5.41) is 3.50. The first-order valence-corrected chi connectivity index (χ1v) is 7.01. The molecule has 0 amide bonds. The molecule has 0 bridgehead atoms. The van der Waals surface area contributed by atoms with E-state index < -0.39 is 0 Å². The fourth-order valence-corrected chi connectivity index (χ4v) is 3.37. The van der Waals surface area contributed by atoms with Crippen LogP contribution in [0.4, 0.5) is 0 Å². The lowest BCUT2D eigenvalue weighted by molar-refractivity contribution is -0.0672. The SMILES string of the molecule is CNC(c1ccccc1C)C1(OC)CCCCC1. The van der Waals surface area contributed by atoms with Crippen molar-refractivity contribution in [2.75, 3.05) is 14.2 Å². The van der Waals surface area contributed by atoms with Crippen LogP contribution >= 0.6 is 0 Å². The van der Waals surface area contributed by atoms with E-state index in [1.165, 1.54) is 30.4 Å². The topological polar surface area (TPSA) is 21.3 Å². The quantitative estimate of drug-likeness (QED) is 0.877. The van der Waals surface area contributed by atoms with Crippen molar-refractivity contribution in [3.05, 3.63) is 35.4 Å². The van der Waals surface area contributed by atoms with Gasteiger partial charge in [-0.05, 0) is 37.9 Å². The van der Waals surface area contributed by atoms with Gasteiger partial charge in [-0.3, -0.25) is 0 Å². The Morgan fingerprint density at radius 1 is 1.17 bits per heavy atom. The number of hydrogen-bond acceptors (Lipinski definition) is 2. The van der Waals surface area contributed by atoms with Gasteiger partial charge in [0.05, 0.1) is 11.6 Å². The lowest BCUT2D eigenvalue weighted by atomic mass is 9.76. The number of ether oxygens (including phenoxy) is 1. The van der Waals surface area contributed by atoms with Gasteiger partial charge in [0.1, 0.15) is 0 Å². The summed E-state index contributed by atoms with van der Waals surface area (Å²) in [6, 6.07) is 8.94. The second kappa shape index (κ2) is 5.85. The number of rotatable bonds is 4. The van der Waals surface area contributed by atoms with Gasteiger partial charge in [0.15, 0.2) is 0 Å². The average Bonchev–Trinajstić information content (AvgIpc) is 2.43. The van der Waals surface area contributed by atoms with E-state index in [1.54, 1.807) is 0 Å². The number of methoxy groups -OCH3 is 1. The van der Waals surface area contributed by atoms with E-state index in [0.29, 0.717) is 6.04 Å². The maximum absolute atomic E-state index is 5.98. The molecule has 0 spiro atoms. The van der Waals surface area contributed by atoms with Crippen LogP contribution in [0.1, 0.15) is 49.3 Å². The van der Waals surface area contributed by atoms with E-state index in [9.17, 15) is 0 Å². The normalized spacial score (nSPS) is 20.6. The third kappa shape index (κ3) is 2.45. The Bertz CT molecular complexity index is 382. The minimum atomic E-state index is -0.0287. The number of hydrogen-bond donors (Lipinski definition) is 1. The van der Waals surface area contributed by atoms with Crippen LogP contribution in [-0.4, -0.2) is 19.8 Å². The van der Waals surface area contributed by atoms with Gasteiger partial charge < -0.3 is 10.1 Å². The third-order valence-corrected chi connectivity index (χ3v) is 4.42. The summed E-state index contributed by atoms with van der Waals surface area (Å²) in [6.45, 7) is 2.19. The highest BCUT2D eigenvalue weighted by Crippen LogP contribution is 2.41. The zero-order chi connectivity index (χ0) is 13.0. The fourth-order valence-electron chi connectivity index (χ4n) is 3.37. The van der Waals surface area contributed by atoms with E-state index >= 15 is 0 Å². The summed E-state index contributed by atoms with van der Waals surface area (Å²) in [7, 11) is 3.92. The van der Waals surface area contributed by atoms with E-state index in [4.69, 9.17) is 4.74 Å². The molecule has 100 valence electrons. The molecule has 1 aliphatic rings. The van der Waals surface area contributed by atoms with Crippen LogP contribution in [0.25, 0.3) is 0 Å². The Morgan fingerprint density at radius 3 is 2.39 bits per heavy atom. The molecule has 0 heterocycles. The maximum Gasteiger partial charge on any atom is 0.0872 e. The first-order valence-electron chi connectivity index (χ1n) is 7.01. The largest absolute Gasteiger partial charge is 0.376 e. The van der Waals surface area contributed by atoms with Crippen LogP contribution in [0.2, 0.25) is 0 Å². The first kappa shape index (κ1) is 13.6. The minimum Gasteiger partial charge on any atom is -0.376 e. The summed E-state index contributed by atoms with van der Waals surface area (Å²) in [6.07, 6.45) is 6.21. The van der Waals surface area contributed by atoms with Crippen molar-refractivity contribution in [3.8, 4) is 0 Å². The van der Waals surface area contributed by atoms with Gasteiger partial charge in [0.2, 0.25) is 0 Å². The van der Waals surface area contributed by atoms with Gasteiger partial charge in [-0.1, -0.05) is 43.5 Å². The molecule has 0 saturated heterocycles. The van der Waals surface area contributed by atoms with Crippen LogP contribution < -0.4 is 5.32 Å². The average molecular weight is 247 g/mol. The second-order valence-electron chi connectivity index (χ2n) is 5.41. The molecular formula is C16H25NO. The van der Waals surface area contributed by atoms with Gasteiger partial charge in [-0.25, -0.2) is 0 Å². The summed E-state index contributed by atoms with van der Waals surface area (Å²) in [5.74, 6) is 0. The van der Waals surface area contributed by atoms with E-state index in [0.717, 1.165) is 12.8 Å². The molecule has 0 radical (unpaired) electrons. The zero-order valence-corrected chi connectivity index (χ0v) is 11.8. The van der Waals surface area contributed by atoms with Crippen LogP contribution in [-0.2, 0) is 4.74 Å². The number of benzene rings is 1. The lowest BCUT2D eigenvalue weighted by Gasteiger charge is -2.43. The molecule has 2 heteroatoms. The van der Waals surface area contributed by atoms with Crippen molar-refractivity contribution in [2.24, 2.45) is 0 Å². The number of nitrogens with one attached hydrogen (secondary N) is 1. The molecule has 1 aliphatic carbocycles. The van der Waals surface area contributed by atoms with Crippen molar-refractivity contribution < 1.29 is 4.74 Å². The molecule has 1 N–H and O–H groups in total. The summed E-state index contributed by atoms with van der Waals surface area (Å²) in [5.41, 5.74) is 2.70. The number of likely N-dealkylation sites (N-methyl/N-ethyl adjacent to an activating group) is 1.